The summed E-state index contributed by atoms with van der Waals surface area (Å²) in [6.07, 6.45) is 4.92. The van der Waals surface area contributed by atoms with Gasteiger partial charge in [-0.3, -0.25) is 9.59 Å². The van der Waals surface area contributed by atoms with Gasteiger partial charge in [-0.15, -0.1) is 0 Å². The number of nitrogens with one attached hydrogen (secondary N) is 1. The van der Waals surface area contributed by atoms with Crippen molar-refractivity contribution < 1.29 is 14.0 Å². The van der Waals surface area contributed by atoms with E-state index in [4.69, 9.17) is 4.42 Å². The second-order valence-corrected chi connectivity index (χ2v) is 5.52. The first kappa shape index (κ1) is 15.1. The summed E-state index contributed by atoms with van der Waals surface area (Å²) in [5, 5.41) is 2.86. The Morgan fingerprint density at radius 3 is 2.83 bits per heavy atom. The van der Waals surface area contributed by atoms with Gasteiger partial charge in [0.2, 0.25) is 11.8 Å². The monoisotopic (exact) mass is 310 g/mol. The number of hydrogen-bond acceptors (Lipinski definition) is 3. The molecule has 1 fully saturated rings. The number of carbonyl (C=O) groups is 2. The Hall–Kier alpha value is -2.82. The SMILES string of the molecule is O=C(/C=C\c1ccco1)N[C@H]1CC(=O)N(Cc2ccccc2)C1. The molecule has 1 aromatic carbocycles. The summed E-state index contributed by atoms with van der Waals surface area (Å²) in [7, 11) is 0. The fourth-order valence-corrected chi connectivity index (χ4v) is 2.62. The van der Waals surface area contributed by atoms with E-state index in [0.29, 0.717) is 25.3 Å². The van der Waals surface area contributed by atoms with Crippen LogP contribution in [0.4, 0.5) is 0 Å². The lowest BCUT2D eigenvalue weighted by Crippen LogP contribution is -2.36. The van der Waals surface area contributed by atoms with E-state index in [9.17, 15) is 9.59 Å². The summed E-state index contributed by atoms with van der Waals surface area (Å²) in [5.41, 5.74) is 1.09. The van der Waals surface area contributed by atoms with Crippen LogP contribution in [-0.2, 0) is 16.1 Å². The highest BCUT2D eigenvalue weighted by atomic mass is 16.3. The number of rotatable bonds is 5. The number of nitrogens with zero attached hydrogens (tertiary/aromatic N) is 1. The van der Waals surface area contributed by atoms with E-state index in [1.54, 1.807) is 29.4 Å². The molecule has 0 saturated carbocycles. The Morgan fingerprint density at radius 2 is 2.09 bits per heavy atom. The lowest BCUT2D eigenvalue weighted by Gasteiger charge is -2.16. The van der Waals surface area contributed by atoms with Crippen molar-refractivity contribution in [2.45, 2.75) is 19.0 Å². The van der Waals surface area contributed by atoms with Gasteiger partial charge in [0.25, 0.3) is 0 Å². The molecule has 0 radical (unpaired) electrons. The molecule has 5 nitrogen and oxygen atoms in total. The first-order chi connectivity index (χ1) is 11.2. The zero-order valence-electron chi connectivity index (χ0n) is 12.6. The van der Waals surface area contributed by atoms with Crippen LogP contribution in [0.2, 0.25) is 0 Å². The molecule has 0 bridgehead atoms. The smallest absolute Gasteiger partial charge is 0.244 e. The first-order valence-corrected chi connectivity index (χ1v) is 7.54. The third kappa shape index (κ3) is 4.10. The van der Waals surface area contributed by atoms with Crippen molar-refractivity contribution >= 4 is 17.9 Å². The summed E-state index contributed by atoms with van der Waals surface area (Å²) < 4.78 is 5.13. The van der Waals surface area contributed by atoms with E-state index >= 15 is 0 Å². The predicted octanol–water partition coefficient (Wildman–Crippen LogP) is 2.21. The fraction of sp³-hybridized carbons (Fsp3) is 0.222. The Balaban J connectivity index is 1.52. The minimum Gasteiger partial charge on any atom is -0.465 e. The van der Waals surface area contributed by atoms with Crippen LogP contribution in [0.3, 0.4) is 0 Å². The van der Waals surface area contributed by atoms with Crippen LogP contribution in [0.5, 0.6) is 0 Å². The van der Waals surface area contributed by atoms with Crippen LogP contribution >= 0.6 is 0 Å². The summed E-state index contributed by atoms with van der Waals surface area (Å²) >= 11 is 0. The van der Waals surface area contributed by atoms with E-state index in [-0.39, 0.29) is 17.9 Å². The zero-order valence-corrected chi connectivity index (χ0v) is 12.6. The second kappa shape index (κ2) is 6.96. The molecular formula is C18H18N2O3. The molecule has 1 aromatic heterocycles. The standard InChI is InChI=1S/C18H18N2O3/c21-17(9-8-16-7-4-10-23-16)19-15-11-18(22)20(13-15)12-14-5-2-1-3-6-14/h1-10,15H,11-13H2,(H,19,21)/b9-8-/t15-/m0/s1. The van der Waals surface area contributed by atoms with Gasteiger partial charge >= 0.3 is 0 Å². The summed E-state index contributed by atoms with van der Waals surface area (Å²) in [5.74, 6) is 0.461. The minimum atomic E-state index is -0.222. The highest BCUT2D eigenvalue weighted by molar-refractivity contribution is 5.92. The lowest BCUT2D eigenvalue weighted by molar-refractivity contribution is -0.128. The maximum absolute atomic E-state index is 12.1. The molecule has 0 unspecified atom stereocenters. The molecule has 1 aliphatic heterocycles. The Kier molecular flexibility index (Phi) is 4.57. The lowest BCUT2D eigenvalue weighted by atomic mass is 10.2. The van der Waals surface area contributed by atoms with Crippen LogP contribution in [0.1, 0.15) is 17.7 Å². The molecule has 118 valence electrons. The number of likely N-dealkylation sites (tertiary alicyclic amines) is 1. The Bertz CT molecular complexity index is 692. The molecule has 1 atom stereocenters. The maximum atomic E-state index is 12.1. The van der Waals surface area contributed by atoms with Gasteiger partial charge in [-0.05, 0) is 23.8 Å². The fourth-order valence-electron chi connectivity index (χ4n) is 2.62. The molecule has 3 rings (SSSR count). The van der Waals surface area contributed by atoms with Crippen LogP contribution in [0.25, 0.3) is 6.08 Å². The van der Waals surface area contributed by atoms with Crippen molar-refractivity contribution in [3.05, 3.63) is 66.1 Å². The van der Waals surface area contributed by atoms with E-state index in [1.807, 2.05) is 30.3 Å². The first-order valence-electron chi connectivity index (χ1n) is 7.54. The van der Waals surface area contributed by atoms with Gasteiger partial charge in [-0.1, -0.05) is 30.3 Å². The zero-order chi connectivity index (χ0) is 16.1. The van der Waals surface area contributed by atoms with Gasteiger partial charge in [0.1, 0.15) is 5.76 Å². The second-order valence-electron chi connectivity index (χ2n) is 5.52. The Morgan fingerprint density at radius 1 is 1.26 bits per heavy atom. The molecule has 2 aromatic rings. The normalized spacial score (nSPS) is 17.8. The van der Waals surface area contributed by atoms with Crippen molar-refractivity contribution in [1.82, 2.24) is 10.2 Å². The number of hydrogen-bond donors (Lipinski definition) is 1. The average molecular weight is 310 g/mol. The van der Waals surface area contributed by atoms with Crippen LogP contribution < -0.4 is 5.32 Å². The summed E-state index contributed by atoms with van der Waals surface area (Å²) in [6.45, 7) is 1.11. The van der Waals surface area contributed by atoms with Gasteiger partial charge < -0.3 is 14.6 Å². The summed E-state index contributed by atoms with van der Waals surface area (Å²) in [4.78, 5) is 25.7. The van der Waals surface area contributed by atoms with E-state index in [2.05, 4.69) is 5.32 Å². The number of carbonyl (C=O) groups excluding carboxylic acids is 2. The quantitative estimate of drug-likeness (QED) is 0.861. The van der Waals surface area contributed by atoms with Crippen LogP contribution in [0.15, 0.2) is 59.2 Å². The molecule has 2 heterocycles. The molecule has 1 saturated heterocycles. The largest absolute Gasteiger partial charge is 0.465 e. The Labute approximate surface area is 134 Å². The van der Waals surface area contributed by atoms with E-state index in [1.165, 1.54) is 6.08 Å². The van der Waals surface area contributed by atoms with Crippen molar-refractivity contribution in [1.29, 1.82) is 0 Å². The highest BCUT2D eigenvalue weighted by Gasteiger charge is 2.30. The number of furan rings is 1. The van der Waals surface area contributed by atoms with E-state index in [0.717, 1.165) is 5.56 Å². The van der Waals surface area contributed by atoms with Gasteiger partial charge in [0.15, 0.2) is 0 Å². The number of benzene rings is 1. The highest BCUT2D eigenvalue weighted by Crippen LogP contribution is 2.15. The molecule has 2 amide bonds. The van der Waals surface area contributed by atoms with Crippen LogP contribution in [-0.4, -0.2) is 29.3 Å². The molecular weight excluding hydrogens is 292 g/mol. The third-order valence-corrected chi connectivity index (χ3v) is 3.72. The predicted molar refractivity (Wildman–Crippen MR) is 86.1 cm³/mol. The molecule has 0 aliphatic carbocycles. The minimum absolute atomic E-state index is 0.0640. The van der Waals surface area contributed by atoms with Gasteiger partial charge in [0.05, 0.1) is 12.3 Å². The summed E-state index contributed by atoms with van der Waals surface area (Å²) in [6, 6.07) is 13.2. The number of amides is 2. The third-order valence-electron chi connectivity index (χ3n) is 3.72. The molecule has 0 spiro atoms. The average Bonchev–Trinajstić information content (AvgIpc) is 3.17. The molecule has 1 aliphatic rings. The van der Waals surface area contributed by atoms with Gasteiger partial charge in [0, 0.05) is 25.6 Å². The van der Waals surface area contributed by atoms with Gasteiger partial charge in [-0.25, -0.2) is 0 Å². The van der Waals surface area contributed by atoms with Gasteiger partial charge in [-0.2, -0.15) is 0 Å². The van der Waals surface area contributed by atoms with Crippen molar-refractivity contribution in [2.75, 3.05) is 6.54 Å². The molecule has 23 heavy (non-hydrogen) atoms. The maximum Gasteiger partial charge on any atom is 0.244 e. The molecule has 1 N–H and O–H groups in total. The van der Waals surface area contributed by atoms with Crippen molar-refractivity contribution in [2.24, 2.45) is 0 Å². The van der Waals surface area contributed by atoms with Crippen molar-refractivity contribution in [3.8, 4) is 0 Å². The van der Waals surface area contributed by atoms with Crippen molar-refractivity contribution in [3.63, 3.8) is 0 Å². The molecule has 5 heteroatoms. The van der Waals surface area contributed by atoms with Crippen LogP contribution in [0, 0.1) is 0 Å². The van der Waals surface area contributed by atoms with E-state index < -0.39 is 0 Å². The topological polar surface area (TPSA) is 62.6 Å².